The van der Waals surface area contributed by atoms with Gasteiger partial charge in [-0.25, -0.2) is 13.4 Å². The summed E-state index contributed by atoms with van der Waals surface area (Å²) in [6.45, 7) is 3.86. The van der Waals surface area contributed by atoms with Crippen LogP contribution in [0.3, 0.4) is 0 Å². The Hall–Kier alpha value is -0.510. The minimum absolute atomic E-state index is 0.349. The Balaban J connectivity index is 2.01. The van der Waals surface area contributed by atoms with Gasteiger partial charge in [0.25, 0.3) is 10.0 Å². The van der Waals surface area contributed by atoms with E-state index in [-0.39, 0.29) is 0 Å². The lowest BCUT2D eigenvalue weighted by Gasteiger charge is -2.31. The quantitative estimate of drug-likeness (QED) is 0.796. The van der Waals surface area contributed by atoms with Crippen molar-refractivity contribution in [2.45, 2.75) is 11.4 Å². The second-order valence-corrected chi connectivity index (χ2v) is 7.32. The number of sulfonamides is 1. The van der Waals surface area contributed by atoms with E-state index in [1.54, 1.807) is 16.5 Å². The number of hydrazine groups is 1. The van der Waals surface area contributed by atoms with Crippen LogP contribution in [0.4, 0.5) is 0 Å². The molecule has 19 heavy (non-hydrogen) atoms. The molecule has 2 rings (SSSR count). The Kier molecular flexibility index (Phi) is 4.93. The van der Waals surface area contributed by atoms with Crippen LogP contribution < -0.4 is 10.1 Å². The highest BCUT2D eigenvalue weighted by Crippen LogP contribution is 2.19. The minimum atomic E-state index is -3.43. The number of likely N-dealkylation sites (N-methyl/N-ethyl adjacent to an activating group) is 1. The summed E-state index contributed by atoms with van der Waals surface area (Å²) in [5.74, 6) is 0. The van der Waals surface area contributed by atoms with Crippen molar-refractivity contribution in [2.24, 2.45) is 0 Å². The molecule has 0 spiro atoms. The van der Waals surface area contributed by atoms with Gasteiger partial charge in [0.1, 0.15) is 0 Å². The maximum absolute atomic E-state index is 12.2. The monoisotopic (exact) mass is 304 g/mol. The van der Waals surface area contributed by atoms with E-state index < -0.39 is 10.0 Å². The number of rotatable bonds is 5. The molecule has 8 heteroatoms. The summed E-state index contributed by atoms with van der Waals surface area (Å²) in [7, 11) is 0.445. The molecular weight excluding hydrogens is 284 g/mol. The van der Waals surface area contributed by atoms with Crippen molar-refractivity contribution in [3.63, 3.8) is 0 Å². The van der Waals surface area contributed by atoms with Gasteiger partial charge in [0.05, 0.1) is 4.90 Å². The molecule has 1 fully saturated rings. The van der Waals surface area contributed by atoms with E-state index in [1.807, 2.05) is 14.1 Å². The number of thiophene rings is 1. The molecule has 1 aromatic rings. The third kappa shape index (κ3) is 3.98. The maximum Gasteiger partial charge on any atom is 0.254 e. The van der Waals surface area contributed by atoms with Crippen molar-refractivity contribution in [1.29, 1.82) is 0 Å². The van der Waals surface area contributed by atoms with Crippen LogP contribution in [-0.2, 0) is 16.6 Å². The molecule has 2 N–H and O–H groups in total. The fourth-order valence-electron chi connectivity index (χ4n) is 1.89. The van der Waals surface area contributed by atoms with Gasteiger partial charge in [0, 0.05) is 43.0 Å². The molecule has 0 amide bonds. The van der Waals surface area contributed by atoms with Crippen LogP contribution in [0.2, 0.25) is 0 Å². The molecule has 1 aromatic heterocycles. The van der Waals surface area contributed by atoms with Gasteiger partial charge in [-0.15, -0.1) is 16.2 Å². The standard InChI is InChI=1S/C11H20N4O2S2/c1-12-8-10-7-11(9-18-10)19(16,17)13-15-5-3-14(2)4-6-15/h7,9,12-13H,3-6,8H2,1-2H3. The third-order valence-electron chi connectivity index (χ3n) is 3.04. The van der Waals surface area contributed by atoms with Gasteiger partial charge in [-0.1, -0.05) is 0 Å². The van der Waals surface area contributed by atoms with Crippen LogP contribution in [0.5, 0.6) is 0 Å². The first-order valence-electron chi connectivity index (χ1n) is 6.19. The number of nitrogens with zero attached hydrogens (tertiary/aromatic N) is 2. The predicted molar refractivity (Wildman–Crippen MR) is 76.5 cm³/mol. The summed E-state index contributed by atoms with van der Waals surface area (Å²) < 4.78 is 24.4. The molecule has 2 heterocycles. The van der Waals surface area contributed by atoms with E-state index in [1.165, 1.54) is 11.3 Å². The van der Waals surface area contributed by atoms with Gasteiger partial charge in [-0.3, -0.25) is 0 Å². The lowest BCUT2D eigenvalue weighted by Crippen LogP contribution is -2.52. The van der Waals surface area contributed by atoms with Crippen LogP contribution in [0, 0.1) is 0 Å². The number of hydrogen-bond acceptors (Lipinski definition) is 6. The molecule has 6 nitrogen and oxygen atoms in total. The van der Waals surface area contributed by atoms with Gasteiger partial charge in [0.15, 0.2) is 0 Å². The Bertz CT molecular complexity index is 507. The van der Waals surface area contributed by atoms with Crippen molar-refractivity contribution in [3.05, 3.63) is 16.3 Å². The highest BCUT2D eigenvalue weighted by atomic mass is 32.2. The molecule has 0 saturated carbocycles. The first-order chi connectivity index (χ1) is 9.01. The second kappa shape index (κ2) is 6.29. The Morgan fingerprint density at radius 1 is 1.32 bits per heavy atom. The molecular formula is C11H20N4O2S2. The second-order valence-electron chi connectivity index (χ2n) is 4.66. The largest absolute Gasteiger partial charge is 0.315 e. The minimum Gasteiger partial charge on any atom is -0.315 e. The van der Waals surface area contributed by atoms with Crippen LogP contribution in [0.1, 0.15) is 4.88 Å². The summed E-state index contributed by atoms with van der Waals surface area (Å²) >= 11 is 1.45. The van der Waals surface area contributed by atoms with E-state index in [9.17, 15) is 8.42 Å². The van der Waals surface area contributed by atoms with Gasteiger partial charge in [-0.05, 0) is 20.2 Å². The molecule has 0 atom stereocenters. The van der Waals surface area contributed by atoms with Crippen LogP contribution in [0.25, 0.3) is 0 Å². The number of piperazine rings is 1. The van der Waals surface area contributed by atoms with Gasteiger partial charge >= 0.3 is 0 Å². The van der Waals surface area contributed by atoms with Crippen LogP contribution in [-0.4, -0.2) is 58.6 Å². The zero-order chi connectivity index (χ0) is 13.9. The van der Waals surface area contributed by atoms with E-state index >= 15 is 0 Å². The van der Waals surface area contributed by atoms with Crippen molar-refractivity contribution in [2.75, 3.05) is 40.3 Å². The molecule has 0 radical (unpaired) electrons. The lowest BCUT2D eigenvalue weighted by atomic mass is 10.4. The highest BCUT2D eigenvalue weighted by Gasteiger charge is 2.22. The van der Waals surface area contributed by atoms with Gasteiger partial charge in [0.2, 0.25) is 0 Å². The molecule has 1 aliphatic rings. The fourth-order valence-corrected chi connectivity index (χ4v) is 4.30. The molecule has 0 bridgehead atoms. The van der Waals surface area contributed by atoms with Crippen molar-refractivity contribution < 1.29 is 8.42 Å². The molecule has 1 saturated heterocycles. The first-order valence-corrected chi connectivity index (χ1v) is 8.55. The van der Waals surface area contributed by atoms with E-state index in [4.69, 9.17) is 0 Å². The van der Waals surface area contributed by atoms with Gasteiger partial charge in [-0.2, -0.15) is 0 Å². The van der Waals surface area contributed by atoms with E-state index in [0.29, 0.717) is 24.5 Å². The summed E-state index contributed by atoms with van der Waals surface area (Å²) in [6, 6.07) is 1.72. The molecule has 0 aliphatic carbocycles. The number of nitrogens with one attached hydrogen (secondary N) is 2. The van der Waals surface area contributed by atoms with Crippen molar-refractivity contribution in [1.82, 2.24) is 20.1 Å². The fraction of sp³-hybridized carbons (Fsp3) is 0.636. The average Bonchev–Trinajstić information content (AvgIpc) is 2.82. The first kappa shape index (κ1) is 14.9. The summed E-state index contributed by atoms with van der Waals surface area (Å²) in [4.78, 5) is 6.20. The van der Waals surface area contributed by atoms with Crippen molar-refractivity contribution in [3.8, 4) is 0 Å². The van der Waals surface area contributed by atoms with Crippen LogP contribution in [0.15, 0.2) is 16.3 Å². The zero-order valence-electron chi connectivity index (χ0n) is 11.2. The normalized spacial score (nSPS) is 18.8. The zero-order valence-corrected chi connectivity index (χ0v) is 12.9. The lowest BCUT2D eigenvalue weighted by molar-refractivity contribution is 0.135. The predicted octanol–water partition coefficient (Wildman–Crippen LogP) is -0.0918. The van der Waals surface area contributed by atoms with Crippen molar-refractivity contribution >= 4 is 21.4 Å². The topological polar surface area (TPSA) is 64.7 Å². The van der Waals surface area contributed by atoms with Crippen LogP contribution >= 0.6 is 11.3 Å². The Labute approximate surface area is 118 Å². The average molecular weight is 304 g/mol. The molecule has 1 aliphatic heterocycles. The number of hydrogen-bond donors (Lipinski definition) is 2. The molecule has 0 aromatic carbocycles. The molecule has 108 valence electrons. The van der Waals surface area contributed by atoms with E-state index in [0.717, 1.165) is 18.0 Å². The Morgan fingerprint density at radius 2 is 2.00 bits per heavy atom. The van der Waals surface area contributed by atoms with Gasteiger partial charge < -0.3 is 10.2 Å². The SMILES string of the molecule is CNCc1cc(S(=O)(=O)NN2CCN(C)CC2)cs1. The highest BCUT2D eigenvalue weighted by molar-refractivity contribution is 7.89. The summed E-state index contributed by atoms with van der Waals surface area (Å²) in [5.41, 5.74) is 0. The summed E-state index contributed by atoms with van der Waals surface area (Å²) in [5, 5.41) is 6.47. The Morgan fingerprint density at radius 3 is 2.63 bits per heavy atom. The smallest absolute Gasteiger partial charge is 0.254 e. The van der Waals surface area contributed by atoms with E-state index in [2.05, 4.69) is 15.0 Å². The third-order valence-corrected chi connectivity index (χ3v) is 5.48. The molecule has 0 unspecified atom stereocenters. The summed E-state index contributed by atoms with van der Waals surface area (Å²) in [6.07, 6.45) is 0. The maximum atomic E-state index is 12.2.